The first-order valence-electron chi connectivity index (χ1n) is 4.31. The smallest absolute Gasteiger partial charge is 0.325 e. The quantitative estimate of drug-likeness (QED) is 0.853. The lowest BCUT2D eigenvalue weighted by atomic mass is 10.3. The van der Waals surface area contributed by atoms with Gasteiger partial charge in [0.15, 0.2) is 0 Å². The Balaban J connectivity index is 2.70. The van der Waals surface area contributed by atoms with Crippen LogP contribution in [0.4, 0.5) is 5.69 Å². The standard InChI is InChI=1S/C10H12BrNO3/c1-14-7-3-4-8(11)9(5-7)12-6-10(13)15-2/h3-5,12H,6H2,1-2H3. The van der Waals surface area contributed by atoms with E-state index in [2.05, 4.69) is 26.0 Å². The van der Waals surface area contributed by atoms with Gasteiger partial charge >= 0.3 is 5.97 Å². The summed E-state index contributed by atoms with van der Waals surface area (Å²) < 4.78 is 10.5. The molecule has 0 aliphatic carbocycles. The number of hydrogen-bond donors (Lipinski definition) is 1. The average molecular weight is 274 g/mol. The molecule has 0 bridgehead atoms. The lowest BCUT2D eigenvalue weighted by molar-refractivity contribution is -0.138. The SMILES string of the molecule is COC(=O)CNc1cc(OC)ccc1Br. The fraction of sp³-hybridized carbons (Fsp3) is 0.300. The largest absolute Gasteiger partial charge is 0.497 e. The van der Waals surface area contributed by atoms with Gasteiger partial charge in [-0.1, -0.05) is 0 Å². The molecular formula is C10H12BrNO3. The van der Waals surface area contributed by atoms with E-state index in [1.54, 1.807) is 13.2 Å². The highest BCUT2D eigenvalue weighted by atomic mass is 79.9. The van der Waals surface area contributed by atoms with Crippen molar-refractivity contribution >= 4 is 27.6 Å². The van der Waals surface area contributed by atoms with Gasteiger partial charge in [-0.15, -0.1) is 0 Å². The second-order valence-electron chi connectivity index (χ2n) is 2.78. The van der Waals surface area contributed by atoms with Crippen molar-refractivity contribution in [1.82, 2.24) is 0 Å². The highest BCUT2D eigenvalue weighted by molar-refractivity contribution is 9.10. The van der Waals surface area contributed by atoms with Crippen LogP contribution in [0.2, 0.25) is 0 Å². The van der Waals surface area contributed by atoms with Crippen LogP contribution in [-0.2, 0) is 9.53 Å². The molecule has 1 aromatic carbocycles. The number of carbonyl (C=O) groups excluding carboxylic acids is 1. The summed E-state index contributed by atoms with van der Waals surface area (Å²) in [5, 5.41) is 2.94. The summed E-state index contributed by atoms with van der Waals surface area (Å²) in [6.07, 6.45) is 0. The van der Waals surface area contributed by atoms with Crippen molar-refractivity contribution in [3.05, 3.63) is 22.7 Å². The maximum atomic E-state index is 10.9. The lowest BCUT2D eigenvalue weighted by Crippen LogP contribution is -2.15. The van der Waals surface area contributed by atoms with Crippen LogP contribution in [0.1, 0.15) is 0 Å². The van der Waals surface area contributed by atoms with Gasteiger partial charge in [-0.05, 0) is 28.1 Å². The summed E-state index contributed by atoms with van der Waals surface area (Å²) in [6.45, 7) is 0.127. The van der Waals surface area contributed by atoms with E-state index < -0.39 is 0 Å². The number of carbonyl (C=O) groups is 1. The third-order valence-electron chi connectivity index (χ3n) is 1.82. The highest BCUT2D eigenvalue weighted by Gasteiger charge is 2.04. The minimum Gasteiger partial charge on any atom is -0.497 e. The van der Waals surface area contributed by atoms with Gasteiger partial charge in [0, 0.05) is 10.5 Å². The maximum absolute atomic E-state index is 10.9. The summed E-state index contributed by atoms with van der Waals surface area (Å²) >= 11 is 3.36. The molecule has 0 heterocycles. The van der Waals surface area contributed by atoms with E-state index in [0.29, 0.717) is 0 Å². The number of nitrogens with one attached hydrogen (secondary N) is 1. The molecule has 4 nitrogen and oxygen atoms in total. The number of ether oxygens (including phenoxy) is 2. The Kier molecular flexibility index (Phi) is 4.42. The first-order valence-corrected chi connectivity index (χ1v) is 5.11. The predicted octanol–water partition coefficient (Wildman–Crippen LogP) is 2.04. The van der Waals surface area contributed by atoms with Gasteiger partial charge < -0.3 is 14.8 Å². The van der Waals surface area contributed by atoms with Crippen LogP contribution in [0.15, 0.2) is 22.7 Å². The molecule has 1 rings (SSSR count). The van der Waals surface area contributed by atoms with Crippen LogP contribution in [0.25, 0.3) is 0 Å². The number of halogens is 1. The summed E-state index contributed by atoms with van der Waals surface area (Å²) in [5.41, 5.74) is 0.791. The van der Waals surface area contributed by atoms with Gasteiger partial charge in [0.1, 0.15) is 12.3 Å². The Morgan fingerprint density at radius 1 is 1.47 bits per heavy atom. The molecule has 0 unspecified atom stereocenters. The monoisotopic (exact) mass is 273 g/mol. The highest BCUT2D eigenvalue weighted by Crippen LogP contribution is 2.26. The van der Waals surface area contributed by atoms with Gasteiger partial charge in [-0.25, -0.2) is 0 Å². The van der Waals surface area contributed by atoms with E-state index in [4.69, 9.17) is 4.74 Å². The molecule has 0 spiro atoms. The molecule has 0 radical (unpaired) electrons. The van der Waals surface area contributed by atoms with Gasteiger partial charge in [-0.2, -0.15) is 0 Å². The van der Waals surface area contributed by atoms with Crippen LogP contribution in [0, 0.1) is 0 Å². The zero-order valence-electron chi connectivity index (χ0n) is 8.54. The zero-order valence-corrected chi connectivity index (χ0v) is 10.1. The molecule has 0 aliphatic rings. The Bertz CT molecular complexity index is 355. The van der Waals surface area contributed by atoms with Crippen molar-refractivity contribution in [2.45, 2.75) is 0 Å². The predicted molar refractivity (Wildman–Crippen MR) is 61.2 cm³/mol. The van der Waals surface area contributed by atoms with Crippen molar-refractivity contribution in [3.8, 4) is 5.75 Å². The number of rotatable bonds is 4. The fourth-order valence-electron chi connectivity index (χ4n) is 1.01. The van der Waals surface area contributed by atoms with Crippen LogP contribution < -0.4 is 10.1 Å². The molecule has 0 amide bonds. The summed E-state index contributed by atoms with van der Waals surface area (Å²) in [6, 6.07) is 5.47. The number of methoxy groups -OCH3 is 2. The van der Waals surface area contributed by atoms with Gasteiger partial charge in [0.05, 0.1) is 19.9 Å². The molecule has 0 aliphatic heterocycles. The summed E-state index contributed by atoms with van der Waals surface area (Å²) in [7, 11) is 2.94. The number of anilines is 1. The van der Waals surface area contributed by atoms with Crippen molar-refractivity contribution in [1.29, 1.82) is 0 Å². The van der Waals surface area contributed by atoms with Gasteiger partial charge in [0.25, 0.3) is 0 Å². The topological polar surface area (TPSA) is 47.6 Å². The molecule has 1 N–H and O–H groups in total. The van der Waals surface area contributed by atoms with Crippen molar-refractivity contribution in [2.75, 3.05) is 26.1 Å². The van der Waals surface area contributed by atoms with E-state index >= 15 is 0 Å². The van der Waals surface area contributed by atoms with Crippen LogP contribution in [-0.4, -0.2) is 26.7 Å². The summed E-state index contributed by atoms with van der Waals surface area (Å²) in [5.74, 6) is 0.412. The average Bonchev–Trinajstić information content (AvgIpc) is 2.27. The normalized spacial score (nSPS) is 9.53. The van der Waals surface area contributed by atoms with E-state index in [9.17, 15) is 4.79 Å². The van der Waals surface area contributed by atoms with Crippen LogP contribution in [0.5, 0.6) is 5.75 Å². The second kappa shape index (κ2) is 5.60. The lowest BCUT2D eigenvalue weighted by Gasteiger charge is -2.09. The fourth-order valence-corrected chi connectivity index (χ4v) is 1.39. The molecule has 5 heteroatoms. The minimum atomic E-state index is -0.315. The Labute approximate surface area is 96.7 Å². The molecule has 1 aromatic rings. The molecule has 0 saturated heterocycles. The van der Waals surface area contributed by atoms with E-state index in [1.807, 2.05) is 12.1 Å². The van der Waals surface area contributed by atoms with Crippen LogP contribution >= 0.6 is 15.9 Å². The van der Waals surface area contributed by atoms with Crippen LogP contribution in [0.3, 0.4) is 0 Å². The second-order valence-corrected chi connectivity index (χ2v) is 3.63. The maximum Gasteiger partial charge on any atom is 0.325 e. The van der Waals surface area contributed by atoms with E-state index in [0.717, 1.165) is 15.9 Å². The first-order chi connectivity index (χ1) is 7.17. The van der Waals surface area contributed by atoms with E-state index in [-0.39, 0.29) is 12.5 Å². The number of hydrogen-bond acceptors (Lipinski definition) is 4. The zero-order chi connectivity index (χ0) is 11.3. The number of esters is 1. The van der Waals surface area contributed by atoms with Gasteiger partial charge in [0.2, 0.25) is 0 Å². The Hall–Kier alpha value is -1.23. The molecular weight excluding hydrogens is 262 g/mol. The van der Waals surface area contributed by atoms with Crippen molar-refractivity contribution < 1.29 is 14.3 Å². The molecule has 0 saturated carbocycles. The molecule has 15 heavy (non-hydrogen) atoms. The first kappa shape index (κ1) is 11.8. The molecule has 0 aromatic heterocycles. The minimum absolute atomic E-state index is 0.127. The van der Waals surface area contributed by atoms with Crippen molar-refractivity contribution in [2.24, 2.45) is 0 Å². The van der Waals surface area contributed by atoms with Gasteiger partial charge in [-0.3, -0.25) is 4.79 Å². The molecule has 82 valence electrons. The molecule has 0 fully saturated rings. The van der Waals surface area contributed by atoms with Crippen molar-refractivity contribution in [3.63, 3.8) is 0 Å². The summed E-state index contributed by atoms with van der Waals surface area (Å²) in [4.78, 5) is 10.9. The Morgan fingerprint density at radius 3 is 2.80 bits per heavy atom. The third kappa shape index (κ3) is 3.43. The van der Waals surface area contributed by atoms with E-state index in [1.165, 1.54) is 7.11 Å². The number of benzene rings is 1. The Morgan fingerprint density at radius 2 is 2.20 bits per heavy atom. The third-order valence-corrected chi connectivity index (χ3v) is 2.52. The molecule has 0 atom stereocenters.